The van der Waals surface area contributed by atoms with Crippen molar-refractivity contribution in [2.45, 2.75) is 37.8 Å². The van der Waals surface area contributed by atoms with Crippen LogP contribution in [0, 0.1) is 0 Å². The maximum Gasteiger partial charge on any atom is 0.407 e. The molecule has 1 aliphatic heterocycles. The normalized spacial score (nSPS) is 26.6. The van der Waals surface area contributed by atoms with Gasteiger partial charge in [-0.25, -0.2) is 4.79 Å². The van der Waals surface area contributed by atoms with Crippen molar-refractivity contribution in [1.29, 1.82) is 0 Å². The second-order valence-corrected chi connectivity index (χ2v) is 4.42. The molecule has 1 amide bonds. The molecule has 2 aliphatic rings. The smallest absolute Gasteiger partial charge is 0.407 e. The fraction of sp³-hybridized carbons (Fsp3) is 0.909. The van der Waals surface area contributed by atoms with Crippen LogP contribution < -0.4 is 10.6 Å². The molecule has 5 heteroatoms. The van der Waals surface area contributed by atoms with E-state index in [1.165, 1.54) is 12.8 Å². The molecule has 5 nitrogen and oxygen atoms in total. The Balaban J connectivity index is 1.59. The fourth-order valence-corrected chi connectivity index (χ4v) is 2.17. The minimum absolute atomic E-state index is 0.00285. The first-order valence-electron chi connectivity index (χ1n) is 6.10. The quantitative estimate of drug-likeness (QED) is 0.744. The molecule has 92 valence electrons. The molecule has 0 aromatic rings. The molecule has 1 aliphatic carbocycles. The van der Waals surface area contributed by atoms with E-state index < -0.39 is 0 Å². The maximum absolute atomic E-state index is 11.4. The van der Waals surface area contributed by atoms with Crippen molar-refractivity contribution in [3.8, 4) is 0 Å². The summed E-state index contributed by atoms with van der Waals surface area (Å²) in [6, 6.07) is 0.317. The highest BCUT2D eigenvalue weighted by atomic mass is 16.6. The Bertz CT molecular complexity index is 223. The lowest BCUT2D eigenvalue weighted by atomic mass is 10.3. The SMILES string of the molecule is O=C(NC1CCCC1)OCC1CNCCO1. The largest absolute Gasteiger partial charge is 0.447 e. The fourth-order valence-electron chi connectivity index (χ4n) is 2.17. The number of alkyl carbamates (subject to hydrolysis) is 1. The molecule has 2 fully saturated rings. The Kier molecular flexibility index (Phi) is 4.42. The molecule has 0 bridgehead atoms. The van der Waals surface area contributed by atoms with Crippen molar-refractivity contribution < 1.29 is 14.3 Å². The number of rotatable bonds is 3. The molecule has 0 aromatic carbocycles. The van der Waals surface area contributed by atoms with Crippen LogP contribution in [0.2, 0.25) is 0 Å². The average Bonchev–Trinajstić information content (AvgIpc) is 2.81. The topological polar surface area (TPSA) is 59.6 Å². The number of morpholine rings is 1. The first-order valence-corrected chi connectivity index (χ1v) is 6.10. The Labute approximate surface area is 95.9 Å². The zero-order valence-electron chi connectivity index (χ0n) is 9.54. The van der Waals surface area contributed by atoms with Crippen LogP contribution in [0.3, 0.4) is 0 Å². The van der Waals surface area contributed by atoms with Gasteiger partial charge in [-0.3, -0.25) is 0 Å². The zero-order chi connectivity index (χ0) is 11.2. The predicted octanol–water partition coefficient (Wildman–Crippen LogP) is 0.644. The van der Waals surface area contributed by atoms with E-state index in [1.54, 1.807) is 0 Å². The van der Waals surface area contributed by atoms with E-state index in [9.17, 15) is 4.79 Å². The minimum Gasteiger partial charge on any atom is -0.447 e. The monoisotopic (exact) mass is 228 g/mol. The van der Waals surface area contributed by atoms with Gasteiger partial charge in [0.05, 0.1) is 6.61 Å². The lowest BCUT2D eigenvalue weighted by molar-refractivity contribution is -0.0125. The van der Waals surface area contributed by atoms with Crippen LogP contribution in [0.5, 0.6) is 0 Å². The van der Waals surface area contributed by atoms with Gasteiger partial charge in [-0.05, 0) is 12.8 Å². The molecule has 1 heterocycles. The van der Waals surface area contributed by atoms with E-state index in [0.29, 0.717) is 19.3 Å². The third kappa shape index (κ3) is 3.64. The van der Waals surface area contributed by atoms with Gasteiger partial charge in [-0.1, -0.05) is 12.8 Å². The molecule has 1 atom stereocenters. The third-order valence-corrected chi connectivity index (χ3v) is 3.08. The van der Waals surface area contributed by atoms with Crippen molar-refractivity contribution in [3.63, 3.8) is 0 Å². The summed E-state index contributed by atoms with van der Waals surface area (Å²) in [5, 5.41) is 6.08. The number of amides is 1. The first-order chi connectivity index (χ1) is 7.84. The second kappa shape index (κ2) is 6.06. The van der Waals surface area contributed by atoms with Gasteiger partial charge < -0.3 is 20.1 Å². The van der Waals surface area contributed by atoms with Crippen molar-refractivity contribution in [2.75, 3.05) is 26.3 Å². The highest BCUT2D eigenvalue weighted by Crippen LogP contribution is 2.17. The van der Waals surface area contributed by atoms with Gasteiger partial charge in [0, 0.05) is 19.1 Å². The Morgan fingerprint density at radius 3 is 2.94 bits per heavy atom. The third-order valence-electron chi connectivity index (χ3n) is 3.08. The minimum atomic E-state index is -0.305. The highest BCUT2D eigenvalue weighted by Gasteiger charge is 2.19. The molecule has 1 saturated heterocycles. The van der Waals surface area contributed by atoms with Crippen LogP contribution in [-0.4, -0.2) is 44.5 Å². The van der Waals surface area contributed by atoms with E-state index in [2.05, 4.69) is 10.6 Å². The van der Waals surface area contributed by atoms with Crippen LogP contribution in [-0.2, 0) is 9.47 Å². The molecule has 0 spiro atoms. The molecule has 2 N–H and O–H groups in total. The van der Waals surface area contributed by atoms with E-state index in [-0.39, 0.29) is 12.2 Å². The molecule has 0 aromatic heterocycles. The van der Waals surface area contributed by atoms with Crippen LogP contribution in [0.1, 0.15) is 25.7 Å². The van der Waals surface area contributed by atoms with Gasteiger partial charge in [0.15, 0.2) is 0 Å². The van der Waals surface area contributed by atoms with Crippen LogP contribution in [0.4, 0.5) is 4.79 Å². The number of nitrogens with one attached hydrogen (secondary N) is 2. The molecular formula is C11H20N2O3. The van der Waals surface area contributed by atoms with Gasteiger partial charge in [-0.2, -0.15) is 0 Å². The zero-order valence-corrected chi connectivity index (χ0v) is 9.54. The Hall–Kier alpha value is -0.810. The van der Waals surface area contributed by atoms with E-state index in [4.69, 9.17) is 9.47 Å². The van der Waals surface area contributed by atoms with Crippen LogP contribution in [0.25, 0.3) is 0 Å². The van der Waals surface area contributed by atoms with Crippen LogP contribution >= 0.6 is 0 Å². The molecule has 1 unspecified atom stereocenters. The summed E-state index contributed by atoms with van der Waals surface area (Å²) in [5.41, 5.74) is 0. The van der Waals surface area contributed by atoms with Gasteiger partial charge >= 0.3 is 6.09 Å². The van der Waals surface area contributed by atoms with E-state index in [1.807, 2.05) is 0 Å². The predicted molar refractivity (Wildman–Crippen MR) is 59.3 cm³/mol. The van der Waals surface area contributed by atoms with E-state index >= 15 is 0 Å². The second-order valence-electron chi connectivity index (χ2n) is 4.42. The van der Waals surface area contributed by atoms with Crippen molar-refractivity contribution in [3.05, 3.63) is 0 Å². The van der Waals surface area contributed by atoms with Crippen LogP contribution in [0.15, 0.2) is 0 Å². The summed E-state index contributed by atoms with van der Waals surface area (Å²) in [6.45, 7) is 2.67. The summed E-state index contributed by atoms with van der Waals surface area (Å²) < 4.78 is 10.6. The number of hydrogen-bond donors (Lipinski definition) is 2. The maximum atomic E-state index is 11.4. The molecular weight excluding hydrogens is 208 g/mol. The average molecular weight is 228 g/mol. The molecule has 2 rings (SSSR count). The van der Waals surface area contributed by atoms with Crippen molar-refractivity contribution in [1.82, 2.24) is 10.6 Å². The summed E-state index contributed by atoms with van der Waals surface area (Å²) in [4.78, 5) is 11.4. The van der Waals surface area contributed by atoms with Gasteiger partial charge in [0.1, 0.15) is 12.7 Å². The van der Waals surface area contributed by atoms with Crippen molar-refractivity contribution in [2.24, 2.45) is 0 Å². The number of ether oxygens (including phenoxy) is 2. The lowest BCUT2D eigenvalue weighted by Crippen LogP contribution is -2.42. The number of carbonyl (C=O) groups excluding carboxylic acids is 1. The molecule has 1 saturated carbocycles. The summed E-state index contributed by atoms with van der Waals surface area (Å²) in [7, 11) is 0. The molecule has 0 radical (unpaired) electrons. The Morgan fingerprint density at radius 1 is 1.44 bits per heavy atom. The first kappa shape index (κ1) is 11.7. The Morgan fingerprint density at radius 2 is 2.25 bits per heavy atom. The number of hydrogen-bond acceptors (Lipinski definition) is 4. The lowest BCUT2D eigenvalue weighted by Gasteiger charge is -2.23. The van der Waals surface area contributed by atoms with Gasteiger partial charge in [-0.15, -0.1) is 0 Å². The summed E-state index contributed by atoms with van der Waals surface area (Å²) in [5.74, 6) is 0. The summed E-state index contributed by atoms with van der Waals surface area (Å²) in [6.07, 6.45) is 4.28. The van der Waals surface area contributed by atoms with Crippen molar-refractivity contribution >= 4 is 6.09 Å². The number of carbonyl (C=O) groups is 1. The molecule has 16 heavy (non-hydrogen) atoms. The standard InChI is InChI=1S/C11H20N2O3/c14-11(13-9-3-1-2-4-9)16-8-10-7-12-5-6-15-10/h9-10,12H,1-8H2,(H,13,14). The van der Waals surface area contributed by atoms with E-state index in [0.717, 1.165) is 25.9 Å². The highest BCUT2D eigenvalue weighted by molar-refractivity contribution is 5.67. The van der Waals surface area contributed by atoms with Gasteiger partial charge in [0.25, 0.3) is 0 Å². The summed E-state index contributed by atoms with van der Waals surface area (Å²) >= 11 is 0. The van der Waals surface area contributed by atoms with Gasteiger partial charge in [0.2, 0.25) is 0 Å².